The first-order valence-corrected chi connectivity index (χ1v) is 11.5. The number of imidazole rings is 1. The molecule has 1 saturated heterocycles. The fourth-order valence-electron chi connectivity index (χ4n) is 4.72. The predicted octanol–water partition coefficient (Wildman–Crippen LogP) is 3.01. The summed E-state index contributed by atoms with van der Waals surface area (Å²) in [7, 11) is 0. The van der Waals surface area contributed by atoms with Crippen molar-refractivity contribution in [3.8, 4) is 11.3 Å². The van der Waals surface area contributed by atoms with Crippen LogP contribution in [0.3, 0.4) is 0 Å². The summed E-state index contributed by atoms with van der Waals surface area (Å²) in [6, 6.07) is 14.3. The minimum absolute atomic E-state index is 0.0268. The average molecular weight is 456 g/mol. The molecule has 2 aromatic heterocycles. The van der Waals surface area contributed by atoms with Crippen LogP contribution in [0.4, 0.5) is 17.2 Å². The topological polar surface area (TPSA) is 92.0 Å². The van der Waals surface area contributed by atoms with E-state index < -0.39 is 0 Å². The summed E-state index contributed by atoms with van der Waals surface area (Å²) in [4.78, 5) is 23.4. The fourth-order valence-corrected chi connectivity index (χ4v) is 4.72. The lowest BCUT2D eigenvalue weighted by Gasteiger charge is -2.33. The van der Waals surface area contributed by atoms with E-state index in [4.69, 9.17) is 9.72 Å². The molecule has 1 atom stereocenters. The third kappa shape index (κ3) is 3.91. The Kier molecular flexibility index (Phi) is 5.24. The minimum atomic E-state index is -0.149. The number of carbonyl (C=O) groups is 1. The number of hydrogen-bond acceptors (Lipinski definition) is 7. The number of aliphatic hydroxyl groups is 1. The number of ether oxygens (including phenoxy) is 1. The van der Waals surface area contributed by atoms with Gasteiger partial charge in [0, 0.05) is 61.5 Å². The van der Waals surface area contributed by atoms with Gasteiger partial charge in [0.05, 0.1) is 25.0 Å². The monoisotopic (exact) mass is 455 g/mol. The molecule has 34 heavy (non-hydrogen) atoms. The van der Waals surface area contributed by atoms with Gasteiger partial charge in [-0.3, -0.25) is 4.79 Å². The number of nitrogens with one attached hydrogen (secondary N) is 1. The summed E-state index contributed by atoms with van der Waals surface area (Å²) >= 11 is 0. The average Bonchev–Trinajstić information content (AvgIpc) is 3.49. The fraction of sp³-hybridized carbons (Fsp3) is 0.269. The van der Waals surface area contributed by atoms with Crippen LogP contribution in [0.2, 0.25) is 0 Å². The van der Waals surface area contributed by atoms with Gasteiger partial charge in [-0.1, -0.05) is 12.1 Å². The Bertz CT molecular complexity index is 1360. The van der Waals surface area contributed by atoms with Crippen molar-refractivity contribution in [1.29, 1.82) is 0 Å². The molecule has 172 valence electrons. The number of Topliss-reactive ketones (excluding diaryl/α,β-unsaturated/α-hetero) is 1. The third-order valence-electron chi connectivity index (χ3n) is 6.49. The highest BCUT2D eigenvalue weighted by molar-refractivity contribution is 5.88. The van der Waals surface area contributed by atoms with Crippen LogP contribution in [0.1, 0.15) is 11.1 Å². The van der Waals surface area contributed by atoms with Gasteiger partial charge in [0.1, 0.15) is 5.78 Å². The van der Waals surface area contributed by atoms with Crippen molar-refractivity contribution in [2.45, 2.75) is 18.9 Å². The summed E-state index contributed by atoms with van der Waals surface area (Å²) < 4.78 is 7.51. The maximum absolute atomic E-state index is 11.8. The number of rotatable bonds is 5. The molecule has 8 heteroatoms. The number of anilines is 3. The SMILES string of the molecule is O=C1Cc2ccc(-c3cn4ccnc4c(Nc4ccc(N5CCO[C@@H](CO)C5)cc4)n3)cc2C1. The summed E-state index contributed by atoms with van der Waals surface area (Å²) in [6.07, 6.45) is 6.50. The molecular formula is C26H25N5O3. The lowest BCUT2D eigenvalue weighted by atomic mass is 10.0. The lowest BCUT2D eigenvalue weighted by molar-refractivity contribution is -0.117. The van der Waals surface area contributed by atoms with E-state index in [1.165, 1.54) is 0 Å². The van der Waals surface area contributed by atoms with Gasteiger partial charge in [0.25, 0.3) is 0 Å². The van der Waals surface area contributed by atoms with E-state index in [0.717, 1.165) is 46.0 Å². The van der Waals surface area contributed by atoms with Gasteiger partial charge in [0.15, 0.2) is 11.5 Å². The van der Waals surface area contributed by atoms with Crippen molar-refractivity contribution in [2.75, 3.05) is 36.5 Å². The van der Waals surface area contributed by atoms with Crippen LogP contribution in [-0.4, -0.2) is 57.7 Å². The number of hydrogen-bond donors (Lipinski definition) is 2. The Hall–Kier alpha value is -3.75. The number of morpholine rings is 1. The second kappa shape index (κ2) is 8.55. The smallest absolute Gasteiger partial charge is 0.180 e. The molecule has 1 aliphatic heterocycles. The van der Waals surface area contributed by atoms with Gasteiger partial charge in [-0.15, -0.1) is 0 Å². The van der Waals surface area contributed by atoms with Gasteiger partial charge in [-0.25, -0.2) is 9.97 Å². The van der Waals surface area contributed by atoms with Crippen LogP contribution in [0.25, 0.3) is 16.9 Å². The first-order valence-electron chi connectivity index (χ1n) is 11.5. The van der Waals surface area contributed by atoms with Gasteiger partial charge in [-0.2, -0.15) is 0 Å². The molecule has 2 aliphatic rings. The van der Waals surface area contributed by atoms with Crippen molar-refractivity contribution in [3.63, 3.8) is 0 Å². The Morgan fingerprint density at radius 3 is 2.82 bits per heavy atom. The van der Waals surface area contributed by atoms with Gasteiger partial charge >= 0.3 is 0 Å². The number of aromatic nitrogens is 3. The van der Waals surface area contributed by atoms with Gasteiger partial charge in [0.2, 0.25) is 0 Å². The summed E-state index contributed by atoms with van der Waals surface area (Å²) in [6.45, 7) is 2.11. The Morgan fingerprint density at radius 1 is 1.12 bits per heavy atom. The zero-order valence-electron chi connectivity index (χ0n) is 18.6. The molecule has 2 N–H and O–H groups in total. The number of fused-ring (bicyclic) bond motifs is 2. The van der Waals surface area contributed by atoms with Crippen molar-refractivity contribution < 1.29 is 14.6 Å². The second-order valence-corrected chi connectivity index (χ2v) is 8.80. The van der Waals surface area contributed by atoms with Crippen LogP contribution < -0.4 is 10.2 Å². The molecule has 0 amide bonds. The van der Waals surface area contributed by atoms with Crippen LogP contribution in [0.15, 0.2) is 61.1 Å². The summed E-state index contributed by atoms with van der Waals surface area (Å²) in [5.74, 6) is 0.929. The van der Waals surface area contributed by atoms with E-state index in [9.17, 15) is 9.90 Å². The van der Waals surface area contributed by atoms with Crippen molar-refractivity contribution in [1.82, 2.24) is 14.4 Å². The maximum atomic E-state index is 11.8. The zero-order chi connectivity index (χ0) is 23.1. The molecule has 2 aromatic carbocycles. The van der Waals surface area contributed by atoms with Crippen molar-refractivity contribution in [2.24, 2.45) is 0 Å². The van der Waals surface area contributed by atoms with E-state index in [0.29, 0.717) is 31.8 Å². The highest BCUT2D eigenvalue weighted by atomic mass is 16.5. The number of aliphatic hydroxyl groups excluding tert-OH is 1. The van der Waals surface area contributed by atoms with E-state index in [1.54, 1.807) is 6.20 Å². The number of carbonyl (C=O) groups excluding carboxylic acids is 1. The van der Waals surface area contributed by atoms with Crippen molar-refractivity contribution >= 4 is 28.6 Å². The normalized spacial score (nSPS) is 17.9. The molecule has 1 aliphatic carbocycles. The molecule has 0 spiro atoms. The number of ketones is 1. The third-order valence-corrected chi connectivity index (χ3v) is 6.49. The molecule has 6 rings (SSSR count). The first kappa shape index (κ1) is 20.8. The first-order chi connectivity index (χ1) is 16.7. The molecular weight excluding hydrogens is 430 g/mol. The second-order valence-electron chi connectivity index (χ2n) is 8.80. The molecule has 0 bridgehead atoms. The molecule has 1 fully saturated rings. The largest absolute Gasteiger partial charge is 0.394 e. The molecule has 4 aromatic rings. The van der Waals surface area contributed by atoms with Crippen molar-refractivity contribution in [3.05, 3.63) is 72.2 Å². The maximum Gasteiger partial charge on any atom is 0.180 e. The number of benzene rings is 2. The Balaban J connectivity index is 1.28. The molecule has 3 heterocycles. The van der Waals surface area contributed by atoms with Gasteiger partial charge in [-0.05, 0) is 41.5 Å². The van der Waals surface area contributed by atoms with Gasteiger partial charge < -0.3 is 24.5 Å². The predicted molar refractivity (Wildman–Crippen MR) is 130 cm³/mol. The summed E-state index contributed by atoms with van der Waals surface area (Å²) in [5, 5.41) is 12.8. The van der Waals surface area contributed by atoms with Crippen LogP contribution in [-0.2, 0) is 22.4 Å². The Morgan fingerprint density at radius 2 is 1.97 bits per heavy atom. The zero-order valence-corrected chi connectivity index (χ0v) is 18.6. The molecule has 8 nitrogen and oxygen atoms in total. The minimum Gasteiger partial charge on any atom is -0.394 e. The Labute approximate surface area is 196 Å². The highest BCUT2D eigenvalue weighted by Crippen LogP contribution is 2.29. The van der Waals surface area contributed by atoms with E-state index in [1.807, 2.05) is 41.1 Å². The number of nitrogens with zero attached hydrogens (tertiary/aromatic N) is 4. The summed E-state index contributed by atoms with van der Waals surface area (Å²) in [5.41, 5.74) is 6.73. The highest BCUT2D eigenvalue weighted by Gasteiger charge is 2.21. The van der Waals surface area contributed by atoms with E-state index >= 15 is 0 Å². The van der Waals surface area contributed by atoms with E-state index in [2.05, 4.69) is 33.4 Å². The standard InChI is InChI=1S/C26H25N5O3/c32-16-23-14-30(9-10-34-23)21-5-3-20(4-6-21)28-25-26-27-7-8-31(26)15-24(29-25)18-2-1-17-12-22(33)13-19(17)11-18/h1-8,11,15,23,32H,9-10,12-14,16H2,(H,28,29)/t23-/m1/s1. The van der Waals surface area contributed by atoms with E-state index in [-0.39, 0.29) is 18.5 Å². The van der Waals surface area contributed by atoms with Crippen LogP contribution in [0.5, 0.6) is 0 Å². The lowest BCUT2D eigenvalue weighted by Crippen LogP contribution is -2.44. The molecule has 0 unspecified atom stereocenters. The molecule has 0 radical (unpaired) electrons. The van der Waals surface area contributed by atoms with Crippen LogP contribution >= 0.6 is 0 Å². The van der Waals surface area contributed by atoms with Crippen LogP contribution in [0, 0.1) is 0 Å². The molecule has 0 saturated carbocycles. The quantitative estimate of drug-likeness (QED) is 0.478.